The van der Waals surface area contributed by atoms with E-state index in [2.05, 4.69) is 34.3 Å². The summed E-state index contributed by atoms with van der Waals surface area (Å²) >= 11 is 0. The van der Waals surface area contributed by atoms with Crippen LogP contribution in [0.3, 0.4) is 0 Å². The van der Waals surface area contributed by atoms with Crippen molar-refractivity contribution in [1.82, 2.24) is 20.4 Å². The van der Waals surface area contributed by atoms with Crippen molar-refractivity contribution in [3.8, 4) is 0 Å². The van der Waals surface area contributed by atoms with Crippen molar-refractivity contribution in [3.63, 3.8) is 0 Å². The molecule has 190 valence electrons. The van der Waals surface area contributed by atoms with E-state index in [1.54, 1.807) is 0 Å². The van der Waals surface area contributed by atoms with Gasteiger partial charge in [-0.2, -0.15) is 0 Å². The molecule has 0 spiro atoms. The van der Waals surface area contributed by atoms with E-state index in [1.165, 1.54) is 19.3 Å². The summed E-state index contributed by atoms with van der Waals surface area (Å²) in [5.74, 6) is 0.757. The molecule has 2 atom stereocenters. The average Bonchev–Trinajstić information content (AvgIpc) is 3.03. The van der Waals surface area contributed by atoms with E-state index in [9.17, 15) is 9.59 Å². The molecule has 3 rings (SSSR count). The summed E-state index contributed by atoms with van der Waals surface area (Å²) in [5, 5.41) is 6.49. The molecular formula is C27H44N4O3. The second kappa shape index (κ2) is 14.3. The summed E-state index contributed by atoms with van der Waals surface area (Å²) in [6, 6.07) is 9.52. The number of carbonyl (C=O) groups is 2. The van der Waals surface area contributed by atoms with Gasteiger partial charge in [0.05, 0.1) is 6.04 Å². The molecule has 2 aliphatic heterocycles. The maximum absolute atomic E-state index is 13.5. The second-order valence-corrected chi connectivity index (χ2v) is 9.81. The summed E-state index contributed by atoms with van der Waals surface area (Å²) in [6.45, 7) is 9.90. The Morgan fingerprint density at radius 3 is 2.56 bits per heavy atom. The Morgan fingerprint density at radius 2 is 1.85 bits per heavy atom. The molecule has 0 aromatic heterocycles. The number of benzene rings is 1. The van der Waals surface area contributed by atoms with Gasteiger partial charge in [-0.3, -0.25) is 4.79 Å². The Hall–Kier alpha value is -2.12. The zero-order chi connectivity index (χ0) is 24.2. The number of amides is 2. The molecule has 2 heterocycles. The molecule has 0 radical (unpaired) electrons. The van der Waals surface area contributed by atoms with Gasteiger partial charge in [0.2, 0.25) is 5.91 Å². The lowest BCUT2D eigenvalue weighted by atomic mass is 10.0. The van der Waals surface area contributed by atoms with Crippen LogP contribution < -0.4 is 10.6 Å². The predicted molar refractivity (Wildman–Crippen MR) is 136 cm³/mol. The molecule has 0 aliphatic carbocycles. The molecule has 7 nitrogen and oxygen atoms in total. The van der Waals surface area contributed by atoms with Crippen molar-refractivity contribution in [1.29, 1.82) is 0 Å². The number of likely N-dealkylation sites (tertiary alicyclic amines) is 1. The van der Waals surface area contributed by atoms with Crippen molar-refractivity contribution in [3.05, 3.63) is 35.9 Å². The molecule has 2 amide bonds. The molecule has 0 saturated carbocycles. The van der Waals surface area contributed by atoms with Crippen LogP contribution in [0.5, 0.6) is 0 Å². The zero-order valence-electron chi connectivity index (χ0n) is 21.1. The van der Waals surface area contributed by atoms with Gasteiger partial charge in [0, 0.05) is 32.2 Å². The summed E-state index contributed by atoms with van der Waals surface area (Å²) < 4.78 is 5.37. The van der Waals surface area contributed by atoms with Gasteiger partial charge < -0.3 is 25.2 Å². The molecule has 2 fully saturated rings. The fourth-order valence-electron chi connectivity index (χ4n) is 4.96. The molecule has 7 heteroatoms. The highest BCUT2D eigenvalue weighted by molar-refractivity contribution is 5.82. The predicted octanol–water partition coefficient (Wildman–Crippen LogP) is 3.78. The highest BCUT2D eigenvalue weighted by Crippen LogP contribution is 2.17. The molecule has 0 bridgehead atoms. The Morgan fingerprint density at radius 1 is 1.12 bits per heavy atom. The lowest BCUT2D eigenvalue weighted by Crippen LogP contribution is -2.50. The van der Waals surface area contributed by atoms with Crippen molar-refractivity contribution < 1.29 is 14.3 Å². The number of hydrogen-bond acceptors (Lipinski definition) is 5. The summed E-state index contributed by atoms with van der Waals surface area (Å²) in [5.41, 5.74) is 0.964. The molecule has 2 N–H and O–H groups in total. The van der Waals surface area contributed by atoms with Gasteiger partial charge in [0.25, 0.3) is 0 Å². The second-order valence-electron chi connectivity index (χ2n) is 9.81. The van der Waals surface area contributed by atoms with Crippen LogP contribution in [0.1, 0.15) is 64.4 Å². The Labute approximate surface area is 205 Å². The number of alkyl carbamates (subject to hydrolysis) is 1. The van der Waals surface area contributed by atoms with Gasteiger partial charge in [0.15, 0.2) is 0 Å². The van der Waals surface area contributed by atoms with Crippen molar-refractivity contribution in [2.45, 2.75) is 77.5 Å². The first-order chi connectivity index (χ1) is 16.6. The number of carbonyl (C=O) groups excluding carboxylic acids is 2. The minimum absolute atomic E-state index is 0.0475. The topological polar surface area (TPSA) is 73.9 Å². The van der Waals surface area contributed by atoms with Crippen LogP contribution >= 0.6 is 0 Å². The quantitative estimate of drug-likeness (QED) is 0.513. The van der Waals surface area contributed by atoms with Crippen LogP contribution in [-0.4, -0.2) is 73.2 Å². The minimum Gasteiger partial charge on any atom is -0.445 e. The number of rotatable bonds is 11. The first-order valence-electron chi connectivity index (χ1n) is 13.3. The molecule has 2 aliphatic rings. The molecule has 1 aromatic rings. The van der Waals surface area contributed by atoms with Gasteiger partial charge in [0.1, 0.15) is 6.61 Å². The normalized spacial score (nSPS) is 22.0. The fourth-order valence-corrected chi connectivity index (χ4v) is 4.96. The maximum Gasteiger partial charge on any atom is 0.407 e. The van der Waals surface area contributed by atoms with Crippen LogP contribution in [0, 0.1) is 5.92 Å². The third kappa shape index (κ3) is 8.58. The average molecular weight is 473 g/mol. The minimum atomic E-state index is -0.417. The first-order valence-corrected chi connectivity index (χ1v) is 13.3. The molecular weight excluding hydrogens is 428 g/mol. The van der Waals surface area contributed by atoms with Gasteiger partial charge in [-0.15, -0.1) is 0 Å². The lowest BCUT2D eigenvalue weighted by Gasteiger charge is -2.30. The number of nitrogens with one attached hydrogen (secondary N) is 2. The molecule has 1 aromatic carbocycles. The first kappa shape index (κ1) is 26.5. The highest BCUT2D eigenvalue weighted by Gasteiger charge is 2.32. The third-order valence-electron chi connectivity index (χ3n) is 7.32. The van der Waals surface area contributed by atoms with Crippen molar-refractivity contribution in [2.24, 2.45) is 5.92 Å². The van der Waals surface area contributed by atoms with Crippen molar-refractivity contribution >= 4 is 12.0 Å². The Bertz CT molecular complexity index is 735. The monoisotopic (exact) mass is 472 g/mol. The number of piperidine rings is 1. The van der Waals surface area contributed by atoms with Crippen LogP contribution in [0.15, 0.2) is 30.3 Å². The van der Waals surface area contributed by atoms with E-state index in [-0.39, 0.29) is 24.6 Å². The van der Waals surface area contributed by atoms with E-state index in [1.807, 2.05) is 30.3 Å². The van der Waals surface area contributed by atoms with Crippen LogP contribution in [0.25, 0.3) is 0 Å². The van der Waals surface area contributed by atoms with E-state index >= 15 is 0 Å². The van der Waals surface area contributed by atoms with E-state index < -0.39 is 6.09 Å². The Kier molecular flexibility index (Phi) is 11.2. The molecule has 2 saturated heterocycles. The van der Waals surface area contributed by atoms with Crippen LogP contribution in [0.4, 0.5) is 4.79 Å². The Balaban J connectivity index is 1.54. The smallest absolute Gasteiger partial charge is 0.407 e. The van der Waals surface area contributed by atoms with Gasteiger partial charge in [-0.1, -0.05) is 63.4 Å². The van der Waals surface area contributed by atoms with Crippen molar-refractivity contribution in [2.75, 3.05) is 39.3 Å². The maximum atomic E-state index is 13.5. The largest absolute Gasteiger partial charge is 0.445 e. The van der Waals surface area contributed by atoms with Crippen LogP contribution in [0.2, 0.25) is 0 Å². The van der Waals surface area contributed by atoms with E-state index in [4.69, 9.17) is 4.74 Å². The van der Waals surface area contributed by atoms with E-state index in [0.29, 0.717) is 12.5 Å². The number of nitrogens with zero attached hydrogens (tertiary/aromatic N) is 2. The molecule has 0 unspecified atom stereocenters. The van der Waals surface area contributed by atoms with Gasteiger partial charge >= 0.3 is 6.09 Å². The number of hydrogen-bond donors (Lipinski definition) is 2. The standard InChI is InChI=1S/C27H44N4O3/c1-3-22(4-2)20-31-18-13-24(19-28-27(33)34-21-23-11-7-5-8-12-23)29-25(26(31)32)14-17-30-15-9-6-10-16-30/h5,7-8,11-12,22,24-25,29H,3-4,6,9-10,13-21H2,1-2H3,(H,28,33)/t24-,25-/m0/s1. The molecule has 34 heavy (non-hydrogen) atoms. The summed E-state index contributed by atoms with van der Waals surface area (Å²) in [4.78, 5) is 30.3. The summed E-state index contributed by atoms with van der Waals surface area (Å²) in [7, 11) is 0. The van der Waals surface area contributed by atoms with E-state index in [0.717, 1.165) is 64.0 Å². The summed E-state index contributed by atoms with van der Waals surface area (Å²) in [6.07, 6.45) is 7.22. The SMILES string of the molecule is CCC(CC)CN1CC[C@@H](CNC(=O)OCc2ccccc2)N[C@@H](CCN2CCCCC2)C1=O. The van der Waals surface area contributed by atoms with Crippen LogP contribution in [-0.2, 0) is 16.1 Å². The third-order valence-corrected chi connectivity index (χ3v) is 7.32. The highest BCUT2D eigenvalue weighted by atomic mass is 16.5. The van der Waals surface area contributed by atoms with Gasteiger partial charge in [-0.25, -0.2) is 4.79 Å². The zero-order valence-corrected chi connectivity index (χ0v) is 21.1. The fraction of sp³-hybridized carbons (Fsp3) is 0.704. The number of ether oxygens (including phenoxy) is 1. The lowest BCUT2D eigenvalue weighted by molar-refractivity contribution is -0.133. The van der Waals surface area contributed by atoms with Gasteiger partial charge in [-0.05, 0) is 50.3 Å².